The van der Waals surface area contributed by atoms with Gasteiger partial charge in [-0.15, -0.1) is 0 Å². The van der Waals surface area contributed by atoms with E-state index in [2.05, 4.69) is 138 Å². The number of hydrogen-bond acceptors (Lipinski definition) is 1. The summed E-state index contributed by atoms with van der Waals surface area (Å²) in [6.07, 6.45) is 0. The fourth-order valence-corrected chi connectivity index (χ4v) is 5.16. The molecule has 0 bridgehead atoms. The van der Waals surface area contributed by atoms with Gasteiger partial charge in [0, 0.05) is 16.2 Å². The number of nitrogens with zero attached hydrogens (tertiary/aromatic N) is 2. The Morgan fingerprint density at radius 3 is 1.63 bits per heavy atom. The van der Waals surface area contributed by atoms with Gasteiger partial charge >= 0.3 is 0 Å². The number of aromatic nitrogens is 2. The molecular formula is C33H22N2. The molecule has 2 nitrogen and oxygen atoms in total. The minimum Gasteiger partial charge on any atom is -0.294 e. The number of fused-ring (bicyclic) bond motifs is 4. The smallest absolute Gasteiger partial charge is 0.138 e. The van der Waals surface area contributed by atoms with Crippen LogP contribution in [-0.4, -0.2) is 9.55 Å². The molecule has 0 atom stereocenters. The average molecular weight is 447 g/mol. The van der Waals surface area contributed by atoms with E-state index in [9.17, 15) is 0 Å². The molecule has 7 rings (SSSR count). The number of pyridine rings is 1. The van der Waals surface area contributed by atoms with E-state index in [0.29, 0.717) is 0 Å². The van der Waals surface area contributed by atoms with Crippen LogP contribution in [0, 0.1) is 0 Å². The summed E-state index contributed by atoms with van der Waals surface area (Å²) in [5.74, 6) is 0.934. The van der Waals surface area contributed by atoms with Crippen LogP contribution in [-0.2, 0) is 0 Å². The van der Waals surface area contributed by atoms with Crippen molar-refractivity contribution in [1.82, 2.24) is 9.55 Å². The summed E-state index contributed by atoms with van der Waals surface area (Å²) in [6, 6.07) is 47.2. The Kier molecular flexibility index (Phi) is 4.49. The Bertz CT molecular complexity index is 1770. The van der Waals surface area contributed by atoms with Crippen molar-refractivity contribution in [3.05, 3.63) is 133 Å². The predicted octanol–water partition coefficient (Wildman–Crippen LogP) is 8.67. The molecule has 0 aliphatic heterocycles. The van der Waals surface area contributed by atoms with Crippen molar-refractivity contribution >= 4 is 32.7 Å². The van der Waals surface area contributed by atoms with Crippen molar-refractivity contribution in [2.45, 2.75) is 0 Å². The normalized spacial score (nSPS) is 11.4. The monoisotopic (exact) mass is 446 g/mol. The van der Waals surface area contributed by atoms with Gasteiger partial charge < -0.3 is 0 Å². The topological polar surface area (TPSA) is 17.8 Å². The molecule has 0 N–H and O–H groups in total. The maximum absolute atomic E-state index is 5.13. The summed E-state index contributed by atoms with van der Waals surface area (Å²) in [7, 11) is 0. The first-order valence-corrected chi connectivity index (χ1v) is 11.9. The van der Waals surface area contributed by atoms with E-state index in [4.69, 9.17) is 4.98 Å². The molecule has 5 aromatic carbocycles. The summed E-state index contributed by atoms with van der Waals surface area (Å²) in [5.41, 5.74) is 8.15. The summed E-state index contributed by atoms with van der Waals surface area (Å²) < 4.78 is 2.29. The van der Waals surface area contributed by atoms with Gasteiger partial charge in [-0.25, -0.2) is 4.98 Å². The second-order valence-electron chi connectivity index (χ2n) is 8.86. The Balaban J connectivity index is 1.47. The first-order valence-electron chi connectivity index (χ1n) is 11.9. The van der Waals surface area contributed by atoms with Crippen LogP contribution in [0.25, 0.3) is 60.8 Å². The van der Waals surface area contributed by atoms with Crippen molar-refractivity contribution in [1.29, 1.82) is 0 Å². The number of benzene rings is 5. The minimum absolute atomic E-state index is 0.934. The maximum atomic E-state index is 5.13. The molecule has 0 aliphatic rings. The third-order valence-electron chi connectivity index (χ3n) is 6.81. The van der Waals surface area contributed by atoms with Crippen LogP contribution >= 0.6 is 0 Å². The molecule has 0 aliphatic carbocycles. The van der Waals surface area contributed by atoms with Gasteiger partial charge in [-0.05, 0) is 46.5 Å². The van der Waals surface area contributed by atoms with Gasteiger partial charge in [0.25, 0.3) is 0 Å². The molecule has 0 amide bonds. The summed E-state index contributed by atoms with van der Waals surface area (Å²) in [4.78, 5) is 5.13. The predicted molar refractivity (Wildman–Crippen MR) is 147 cm³/mol. The van der Waals surface area contributed by atoms with Crippen molar-refractivity contribution in [3.63, 3.8) is 0 Å². The molecule has 2 aromatic heterocycles. The maximum Gasteiger partial charge on any atom is 0.138 e. The number of rotatable bonds is 3. The molecule has 0 saturated heterocycles. The summed E-state index contributed by atoms with van der Waals surface area (Å²) in [5, 5.41) is 3.64. The van der Waals surface area contributed by atoms with Gasteiger partial charge in [0.1, 0.15) is 5.82 Å². The van der Waals surface area contributed by atoms with Crippen molar-refractivity contribution in [3.8, 4) is 28.1 Å². The lowest BCUT2D eigenvalue weighted by molar-refractivity contribution is 1.10. The van der Waals surface area contributed by atoms with E-state index in [1.807, 2.05) is 0 Å². The third kappa shape index (κ3) is 3.23. The van der Waals surface area contributed by atoms with Crippen molar-refractivity contribution in [2.75, 3.05) is 0 Å². The SMILES string of the molecule is c1ccc(-c2ccc(-c3cc(-n4c5ccccc5c5ccccc54)nc4ccccc34)cc2)cc1. The first-order chi connectivity index (χ1) is 17.4. The zero-order chi connectivity index (χ0) is 23.2. The van der Waals surface area contributed by atoms with Crippen LogP contribution in [0.2, 0.25) is 0 Å². The Morgan fingerprint density at radius 1 is 0.429 bits per heavy atom. The Labute approximate surface area is 203 Å². The highest BCUT2D eigenvalue weighted by atomic mass is 15.1. The lowest BCUT2D eigenvalue weighted by Crippen LogP contribution is -1.99. The first kappa shape index (κ1) is 19.7. The molecule has 0 saturated carbocycles. The second-order valence-corrected chi connectivity index (χ2v) is 8.86. The van der Waals surface area contributed by atoms with Gasteiger partial charge in [0.15, 0.2) is 0 Å². The number of para-hydroxylation sites is 3. The molecule has 0 spiro atoms. The van der Waals surface area contributed by atoms with Gasteiger partial charge in [0.05, 0.1) is 16.6 Å². The fraction of sp³-hybridized carbons (Fsp3) is 0. The zero-order valence-corrected chi connectivity index (χ0v) is 19.1. The average Bonchev–Trinajstić information content (AvgIpc) is 3.27. The molecule has 0 unspecified atom stereocenters. The van der Waals surface area contributed by atoms with E-state index >= 15 is 0 Å². The van der Waals surface area contributed by atoms with Crippen molar-refractivity contribution < 1.29 is 0 Å². The molecular weight excluding hydrogens is 424 g/mol. The molecule has 0 fully saturated rings. The summed E-state index contributed by atoms with van der Waals surface area (Å²) in [6.45, 7) is 0. The Hall–Kier alpha value is -4.69. The standard InChI is InChI=1S/C33H22N2/c1-2-10-23(11-3-1)24-18-20-25(21-19-24)29-22-33(34-30-15-7-4-12-26(29)30)35-31-16-8-5-13-27(31)28-14-6-9-17-32(28)35/h1-22H. The van der Waals surface area contributed by atoms with Crippen molar-refractivity contribution in [2.24, 2.45) is 0 Å². The second kappa shape index (κ2) is 7.96. The fourth-order valence-electron chi connectivity index (χ4n) is 5.16. The minimum atomic E-state index is 0.934. The largest absolute Gasteiger partial charge is 0.294 e. The molecule has 35 heavy (non-hydrogen) atoms. The highest BCUT2D eigenvalue weighted by molar-refractivity contribution is 6.09. The highest BCUT2D eigenvalue weighted by Gasteiger charge is 2.15. The lowest BCUT2D eigenvalue weighted by atomic mass is 9.98. The van der Waals surface area contributed by atoms with E-state index in [1.165, 1.54) is 44.1 Å². The van der Waals surface area contributed by atoms with E-state index < -0.39 is 0 Å². The van der Waals surface area contributed by atoms with Crippen LogP contribution in [0.3, 0.4) is 0 Å². The zero-order valence-electron chi connectivity index (χ0n) is 19.1. The Morgan fingerprint density at radius 2 is 0.943 bits per heavy atom. The highest BCUT2D eigenvalue weighted by Crippen LogP contribution is 2.35. The molecule has 2 heteroatoms. The quantitative estimate of drug-likeness (QED) is 0.265. The van der Waals surface area contributed by atoms with Gasteiger partial charge in [-0.1, -0.05) is 109 Å². The molecule has 0 radical (unpaired) electrons. The van der Waals surface area contributed by atoms with E-state index in [-0.39, 0.29) is 0 Å². The summed E-state index contributed by atoms with van der Waals surface area (Å²) >= 11 is 0. The van der Waals surface area contributed by atoms with Crippen LogP contribution in [0.15, 0.2) is 133 Å². The van der Waals surface area contributed by atoms with Gasteiger partial charge in [-0.3, -0.25) is 4.57 Å². The van der Waals surface area contributed by atoms with Gasteiger partial charge in [-0.2, -0.15) is 0 Å². The van der Waals surface area contributed by atoms with E-state index in [0.717, 1.165) is 16.7 Å². The van der Waals surface area contributed by atoms with Crippen LogP contribution in [0.5, 0.6) is 0 Å². The van der Waals surface area contributed by atoms with Gasteiger partial charge in [0.2, 0.25) is 0 Å². The van der Waals surface area contributed by atoms with E-state index in [1.54, 1.807) is 0 Å². The molecule has 2 heterocycles. The number of hydrogen-bond donors (Lipinski definition) is 0. The molecule has 164 valence electrons. The van der Waals surface area contributed by atoms with Crippen LogP contribution in [0.1, 0.15) is 0 Å². The molecule has 7 aromatic rings. The van der Waals surface area contributed by atoms with Crippen LogP contribution < -0.4 is 0 Å². The van der Waals surface area contributed by atoms with Crippen LogP contribution in [0.4, 0.5) is 0 Å². The lowest BCUT2D eigenvalue weighted by Gasteiger charge is -2.13. The third-order valence-corrected chi connectivity index (χ3v) is 6.81.